The number of hydrogen-bond donors (Lipinski definition) is 0. The Morgan fingerprint density at radius 2 is 1.94 bits per heavy atom. The Bertz CT molecular complexity index is 362. The largest absolute Gasteiger partial charge is 0.491 e. The third kappa shape index (κ3) is 2.58. The molecule has 87 valence electrons. The first kappa shape index (κ1) is 11.5. The van der Waals surface area contributed by atoms with Gasteiger partial charge in [0, 0.05) is 0 Å². The number of rotatable bonds is 4. The highest BCUT2D eigenvalue weighted by Crippen LogP contribution is 2.45. The molecule has 1 radical (unpaired) electrons. The van der Waals surface area contributed by atoms with Gasteiger partial charge in [0.05, 0.1) is 6.10 Å². The lowest BCUT2D eigenvalue weighted by molar-refractivity contribution is 0.240. The van der Waals surface area contributed by atoms with Gasteiger partial charge in [-0.25, -0.2) is 0 Å². The maximum atomic E-state index is 5.86. The number of ether oxygens (including phenoxy) is 1. The van der Waals surface area contributed by atoms with Gasteiger partial charge < -0.3 is 4.74 Å². The van der Waals surface area contributed by atoms with Crippen LogP contribution in [0.15, 0.2) is 18.2 Å². The van der Waals surface area contributed by atoms with Crippen molar-refractivity contribution >= 4 is 0 Å². The van der Waals surface area contributed by atoms with Gasteiger partial charge in [-0.2, -0.15) is 0 Å². The molecular formula is C15H21O. The second-order valence-electron chi connectivity index (χ2n) is 5.14. The molecule has 2 rings (SSSR count). The molecule has 1 aliphatic rings. The average Bonchev–Trinajstić information content (AvgIpc) is 3.00. The van der Waals surface area contributed by atoms with Gasteiger partial charge in [0.25, 0.3) is 0 Å². The highest BCUT2D eigenvalue weighted by Gasteiger charge is 2.27. The standard InChI is InChI=1S/C15H21O/c1-10(2)13-7-8-15(16-11(3)4)14(9-13)12-5-6-12/h7-12H,1,5-6H2,2-4H3. The van der Waals surface area contributed by atoms with E-state index in [4.69, 9.17) is 4.74 Å². The Labute approximate surface area is 98.8 Å². The van der Waals surface area contributed by atoms with Gasteiger partial charge in [-0.15, -0.1) is 0 Å². The molecule has 0 amide bonds. The zero-order valence-corrected chi connectivity index (χ0v) is 10.5. The fourth-order valence-electron chi connectivity index (χ4n) is 1.95. The molecule has 1 aliphatic carbocycles. The summed E-state index contributed by atoms with van der Waals surface area (Å²) < 4.78 is 5.86. The summed E-state index contributed by atoms with van der Waals surface area (Å²) >= 11 is 0. The van der Waals surface area contributed by atoms with E-state index in [1.807, 2.05) is 0 Å². The molecule has 0 aromatic heterocycles. The van der Waals surface area contributed by atoms with Crippen LogP contribution in [0.25, 0.3) is 0 Å². The molecule has 1 fully saturated rings. The van der Waals surface area contributed by atoms with E-state index >= 15 is 0 Å². The minimum atomic E-state index is 0.250. The fraction of sp³-hybridized carbons (Fsp3) is 0.533. The lowest BCUT2D eigenvalue weighted by Gasteiger charge is -2.16. The Balaban J connectivity index is 2.29. The van der Waals surface area contributed by atoms with Crippen molar-refractivity contribution in [2.24, 2.45) is 0 Å². The maximum absolute atomic E-state index is 5.86. The van der Waals surface area contributed by atoms with Crippen LogP contribution in [0.3, 0.4) is 0 Å². The highest BCUT2D eigenvalue weighted by molar-refractivity contribution is 5.43. The second kappa shape index (κ2) is 4.48. The van der Waals surface area contributed by atoms with E-state index in [2.05, 4.69) is 45.9 Å². The summed E-state index contributed by atoms with van der Waals surface area (Å²) in [4.78, 5) is 0. The molecule has 1 aromatic rings. The summed E-state index contributed by atoms with van der Waals surface area (Å²) in [5, 5.41) is 0. The minimum absolute atomic E-state index is 0.250. The van der Waals surface area contributed by atoms with Gasteiger partial charge >= 0.3 is 0 Å². The van der Waals surface area contributed by atoms with Crippen molar-refractivity contribution in [1.29, 1.82) is 0 Å². The molecule has 1 saturated carbocycles. The van der Waals surface area contributed by atoms with Crippen LogP contribution >= 0.6 is 0 Å². The monoisotopic (exact) mass is 217 g/mol. The molecule has 16 heavy (non-hydrogen) atoms. The molecule has 0 saturated heterocycles. The Morgan fingerprint density at radius 1 is 1.25 bits per heavy atom. The Kier molecular flexibility index (Phi) is 3.22. The summed E-state index contributed by atoms with van der Waals surface area (Å²) in [5.41, 5.74) is 2.71. The van der Waals surface area contributed by atoms with Crippen LogP contribution in [-0.4, -0.2) is 6.10 Å². The van der Waals surface area contributed by atoms with Crippen LogP contribution in [0.2, 0.25) is 0 Å². The van der Waals surface area contributed by atoms with Gasteiger partial charge in [-0.05, 0) is 62.6 Å². The zero-order chi connectivity index (χ0) is 11.7. The van der Waals surface area contributed by atoms with Crippen LogP contribution in [0, 0.1) is 6.92 Å². The van der Waals surface area contributed by atoms with Crippen LogP contribution in [0.4, 0.5) is 0 Å². The molecule has 0 heterocycles. The van der Waals surface area contributed by atoms with Crippen LogP contribution < -0.4 is 4.74 Å². The molecule has 0 N–H and O–H groups in total. The van der Waals surface area contributed by atoms with Gasteiger partial charge in [0.2, 0.25) is 0 Å². The van der Waals surface area contributed by atoms with E-state index in [-0.39, 0.29) is 6.10 Å². The topological polar surface area (TPSA) is 9.23 Å². The van der Waals surface area contributed by atoms with E-state index in [1.165, 1.54) is 24.0 Å². The molecule has 1 aromatic carbocycles. The van der Waals surface area contributed by atoms with E-state index < -0.39 is 0 Å². The third-order valence-electron chi connectivity index (χ3n) is 2.98. The van der Waals surface area contributed by atoms with Crippen LogP contribution in [0.1, 0.15) is 56.6 Å². The first-order valence-electron chi connectivity index (χ1n) is 6.21. The Hall–Kier alpha value is -0.980. The van der Waals surface area contributed by atoms with Gasteiger partial charge in [0.1, 0.15) is 5.75 Å². The smallest absolute Gasteiger partial charge is 0.123 e. The molecule has 1 unspecified atom stereocenters. The first-order chi connectivity index (χ1) is 7.58. The van der Waals surface area contributed by atoms with Crippen molar-refractivity contribution in [2.75, 3.05) is 0 Å². The van der Waals surface area contributed by atoms with Crippen molar-refractivity contribution in [3.05, 3.63) is 36.2 Å². The molecule has 1 nitrogen and oxygen atoms in total. The van der Waals surface area contributed by atoms with Crippen LogP contribution in [-0.2, 0) is 0 Å². The molecule has 1 heteroatoms. The lowest BCUT2D eigenvalue weighted by atomic mass is 9.98. The molecule has 0 aliphatic heterocycles. The predicted octanol–water partition coefficient (Wildman–Crippen LogP) is 4.29. The highest BCUT2D eigenvalue weighted by atomic mass is 16.5. The van der Waals surface area contributed by atoms with Crippen molar-refractivity contribution in [2.45, 2.75) is 51.6 Å². The summed E-state index contributed by atoms with van der Waals surface area (Å²) in [6, 6.07) is 6.54. The summed E-state index contributed by atoms with van der Waals surface area (Å²) in [7, 11) is 0. The minimum Gasteiger partial charge on any atom is -0.491 e. The summed E-state index contributed by atoms with van der Waals surface area (Å²) in [6.45, 7) is 10.4. The molecule has 0 spiro atoms. The van der Waals surface area contributed by atoms with E-state index in [9.17, 15) is 0 Å². The lowest BCUT2D eigenvalue weighted by Crippen LogP contribution is -2.07. The molecule has 0 bridgehead atoms. The second-order valence-corrected chi connectivity index (χ2v) is 5.14. The Morgan fingerprint density at radius 3 is 2.44 bits per heavy atom. The van der Waals surface area contributed by atoms with Crippen molar-refractivity contribution in [3.8, 4) is 5.75 Å². The van der Waals surface area contributed by atoms with Crippen molar-refractivity contribution < 1.29 is 4.74 Å². The maximum Gasteiger partial charge on any atom is 0.123 e. The number of hydrogen-bond acceptors (Lipinski definition) is 1. The zero-order valence-electron chi connectivity index (χ0n) is 10.5. The molecule has 1 atom stereocenters. The molecular weight excluding hydrogens is 196 g/mol. The van der Waals surface area contributed by atoms with Crippen molar-refractivity contribution in [1.82, 2.24) is 0 Å². The van der Waals surface area contributed by atoms with Gasteiger partial charge in [0.15, 0.2) is 0 Å². The van der Waals surface area contributed by atoms with Crippen molar-refractivity contribution in [3.63, 3.8) is 0 Å². The van der Waals surface area contributed by atoms with Crippen LogP contribution in [0.5, 0.6) is 5.75 Å². The quantitative estimate of drug-likeness (QED) is 0.731. The average molecular weight is 217 g/mol. The normalized spacial score (nSPS) is 15.9. The fourth-order valence-corrected chi connectivity index (χ4v) is 1.95. The van der Waals surface area contributed by atoms with Gasteiger partial charge in [-0.1, -0.05) is 19.1 Å². The third-order valence-corrected chi connectivity index (χ3v) is 2.98. The van der Waals surface area contributed by atoms with E-state index in [1.54, 1.807) is 0 Å². The van der Waals surface area contributed by atoms with E-state index in [0.717, 1.165) is 11.7 Å². The van der Waals surface area contributed by atoms with E-state index in [0.29, 0.717) is 5.92 Å². The van der Waals surface area contributed by atoms with Gasteiger partial charge in [-0.3, -0.25) is 0 Å². The SMILES string of the molecule is [CH2]C(C)c1ccc(OC(C)C)c(C2CC2)c1. The predicted molar refractivity (Wildman–Crippen MR) is 68.0 cm³/mol. The summed E-state index contributed by atoms with van der Waals surface area (Å²) in [5.74, 6) is 2.15. The number of benzene rings is 1. The first-order valence-corrected chi connectivity index (χ1v) is 6.21. The summed E-state index contributed by atoms with van der Waals surface area (Å²) in [6.07, 6.45) is 2.87.